The van der Waals surface area contributed by atoms with Crippen LogP contribution in [0, 0.1) is 0 Å². The second-order valence-electron chi connectivity index (χ2n) is 5.41. The Balaban J connectivity index is 3.11. The summed E-state index contributed by atoms with van der Waals surface area (Å²) in [6, 6.07) is 7.94. The molecule has 0 heterocycles. The first-order valence-electron chi connectivity index (χ1n) is 8.31. The molecule has 0 aliphatic heterocycles. The van der Waals surface area contributed by atoms with E-state index in [2.05, 4.69) is 24.8 Å². The van der Waals surface area contributed by atoms with E-state index in [1.54, 1.807) is 26.0 Å². The molecule has 0 saturated heterocycles. The second-order valence-corrected chi connectivity index (χ2v) is 6.52. The van der Waals surface area contributed by atoms with Crippen molar-refractivity contribution in [2.45, 2.75) is 38.5 Å². The normalized spacial score (nSPS) is 12.8. The molecular formula is C19H29NO3S. The van der Waals surface area contributed by atoms with Crippen molar-refractivity contribution in [2.24, 2.45) is 0 Å². The van der Waals surface area contributed by atoms with Crippen LogP contribution >= 0.6 is 11.8 Å². The number of allylic oxidation sites excluding steroid dienone is 1. The van der Waals surface area contributed by atoms with E-state index in [-0.39, 0.29) is 5.37 Å². The van der Waals surface area contributed by atoms with Gasteiger partial charge in [-0.25, -0.2) is 0 Å². The van der Waals surface area contributed by atoms with Gasteiger partial charge in [-0.2, -0.15) is 0 Å². The van der Waals surface area contributed by atoms with Gasteiger partial charge >= 0.3 is 0 Å². The third-order valence-corrected chi connectivity index (χ3v) is 4.99. The van der Waals surface area contributed by atoms with Gasteiger partial charge in [0.1, 0.15) is 18.8 Å². The Labute approximate surface area is 150 Å². The molecule has 4 nitrogen and oxygen atoms in total. The predicted octanol–water partition coefficient (Wildman–Crippen LogP) is 4.50. The zero-order valence-corrected chi connectivity index (χ0v) is 16.0. The quantitative estimate of drug-likeness (QED) is 0.315. The van der Waals surface area contributed by atoms with Crippen LogP contribution < -0.4 is 9.64 Å². The lowest BCUT2D eigenvalue weighted by Crippen LogP contribution is -2.36. The fourth-order valence-corrected chi connectivity index (χ4v) is 3.60. The van der Waals surface area contributed by atoms with Crippen LogP contribution in [0.3, 0.4) is 0 Å². The maximum atomic E-state index is 10.9. The summed E-state index contributed by atoms with van der Waals surface area (Å²) < 4.78 is 10.7. The first-order chi connectivity index (χ1) is 11.7. The van der Waals surface area contributed by atoms with E-state index in [0.717, 1.165) is 37.0 Å². The van der Waals surface area contributed by atoms with Crippen molar-refractivity contribution < 1.29 is 14.3 Å². The van der Waals surface area contributed by atoms with Gasteiger partial charge in [-0.3, -0.25) is 0 Å². The monoisotopic (exact) mass is 351 g/mol. The summed E-state index contributed by atoms with van der Waals surface area (Å²) in [5, 5.41) is 0.0834. The van der Waals surface area contributed by atoms with Crippen LogP contribution in [0.1, 0.15) is 33.1 Å². The molecule has 134 valence electrons. The van der Waals surface area contributed by atoms with Gasteiger partial charge in [0.05, 0.1) is 18.2 Å². The minimum absolute atomic E-state index is 0.0834. The summed E-state index contributed by atoms with van der Waals surface area (Å²) >= 11 is 1.64. The van der Waals surface area contributed by atoms with Crippen molar-refractivity contribution in [3.63, 3.8) is 0 Å². The lowest BCUT2D eigenvalue weighted by atomic mass is 10.1. The molecule has 0 saturated carbocycles. The van der Waals surface area contributed by atoms with Crippen LogP contribution in [-0.2, 0) is 9.53 Å². The largest absolute Gasteiger partial charge is 0.497 e. The average Bonchev–Trinajstić information content (AvgIpc) is 2.63. The van der Waals surface area contributed by atoms with E-state index in [1.165, 1.54) is 5.57 Å². The molecule has 24 heavy (non-hydrogen) atoms. The molecule has 0 fully saturated rings. The fourth-order valence-electron chi connectivity index (χ4n) is 2.51. The SMILES string of the molecule is C/C=C(\CCCC)C(SCC=O)N(COC)c1ccc(OC)cc1. The predicted molar refractivity (Wildman–Crippen MR) is 103 cm³/mol. The highest BCUT2D eigenvalue weighted by Crippen LogP contribution is 2.31. The van der Waals surface area contributed by atoms with Crippen molar-refractivity contribution in [1.29, 1.82) is 0 Å². The highest BCUT2D eigenvalue weighted by atomic mass is 32.2. The van der Waals surface area contributed by atoms with Crippen molar-refractivity contribution in [1.82, 2.24) is 0 Å². The summed E-state index contributed by atoms with van der Waals surface area (Å²) in [4.78, 5) is 13.1. The average molecular weight is 352 g/mol. The van der Waals surface area contributed by atoms with Gasteiger partial charge in [-0.05, 0) is 49.6 Å². The number of anilines is 1. The van der Waals surface area contributed by atoms with Crippen molar-refractivity contribution in [3.05, 3.63) is 35.9 Å². The number of aldehydes is 1. The van der Waals surface area contributed by atoms with Gasteiger partial charge < -0.3 is 19.2 Å². The Bertz CT molecular complexity index is 502. The summed E-state index contributed by atoms with van der Waals surface area (Å²) in [6.07, 6.45) is 6.45. The van der Waals surface area contributed by atoms with Gasteiger partial charge in [0.15, 0.2) is 0 Å². The van der Waals surface area contributed by atoms with Crippen molar-refractivity contribution in [3.8, 4) is 5.75 Å². The summed E-state index contributed by atoms with van der Waals surface area (Å²) in [7, 11) is 3.35. The lowest BCUT2D eigenvalue weighted by molar-refractivity contribution is -0.105. The fraction of sp³-hybridized carbons (Fsp3) is 0.526. The molecule has 5 heteroatoms. The second kappa shape index (κ2) is 12.0. The molecule has 0 aliphatic rings. The zero-order valence-electron chi connectivity index (χ0n) is 15.2. The first-order valence-corrected chi connectivity index (χ1v) is 9.36. The molecule has 0 bridgehead atoms. The zero-order chi connectivity index (χ0) is 17.8. The maximum Gasteiger partial charge on any atom is 0.129 e. The Kier molecular flexibility index (Phi) is 10.3. The van der Waals surface area contributed by atoms with E-state index in [4.69, 9.17) is 9.47 Å². The number of unbranched alkanes of at least 4 members (excludes halogenated alkanes) is 1. The maximum absolute atomic E-state index is 10.9. The van der Waals surface area contributed by atoms with E-state index < -0.39 is 0 Å². The number of hydrogen-bond acceptors (Lipinski definition) is 5. The molecule has 1 rings (SSSR count). The highest BCUT2D eigenvalue weighted by Gasteiger charge is 2.23. The molecule has 0 spiro atoms. The van der Waals surface area contributed by atoms with Gasteiger partial charge in [-0.15, -0.1) is 11.8 Å². The third kappa shape index (κ3) is 6.21. The van der Waals surface area contributed by atoms with Gasteiger partial charge in [0, 0.05) is 12.8 Å². The van der Waals surface area contributed by atoms with E-state index >= 15 is 0 Å². The molecule has 0 radical (unpaired) electrons. The lowest BCUT2D eigenvalue weighted by Gasteiger charge is -2.34. The molecule has 1 atom stereocenters. The molecule has 0 aliphatic carbocycles. The number of methoxy groups -OCH3 is 2. The van der Waals surface area contributed by atoms with Crippen molar-refractivity contribution in [2.75, 3.05) is 31.6 Å². The van der Waals surface area contributed by atoms with E-state index in [1.807, 2.05) is 24.3 Å². The number of rotatable bonds is 12. The third-order valence-electron chi connectivity index (χ3n) is 3.78. The van der Waals surface area contributed by atoms with Crippen LogP contribution in [-0.4, -0.2) is 38.4 Å². The topological polar surface area (TPSA) is 38.8 Å². The Hall–Kier alpha value is -1.46. The summed E-state index contributed by atoms with van der Waals surface area (Å²) in [5.74, 6) is 1.29. The molecule has 1 unspecified atom stereocenters. The number of carbonyl (C=O) groups is 1. The standard InChI is InChI=1S/C19H29NO3S/c1-5-7-8-16(6-2)19(24-14-13-21)20(15-22-3)17-9-11-18(23-4)12-10-17/h6,9-13,19H,5,7-8,14-15H2,1-4H3/b16-6+. The Morgan fingerprint density at radius 2 is 2.00 bits per heavy atom. The summed E-state index contributed by atoms with van der Waals surface area (Å²) in [6.45, 7) is 4.72. The van der Waals surface area contributed by atoms with Crippen LogP contribution in [0.2, 0.25) is 0 Å². The molecule has 1 aromatic rings. The highest BCUT2D eigenvalue weighted by molar-refractivity contribution is 8.00. The molecular weight excluding hydrogens is 322 g/mol. The number of ether oxygens (including phenoxy) is 2. The number of benzene rings is 1. The first kappa shape index (κ1) is 20.6. The van der Waals surface area contributed by atoms with E-state index in [0.29, 0.717) is 12.5 Å². The number of hydrogen-bond donors (Lipinski definition) is 0. The minimum Gasteiger partial charge on any atom is -0.497 e. The number of carbonyl (C=O) groups excluding carboxylic acids is 1. The van der Waals surface area contributed by atoms with Crippen LogP contribution in [0.5, 0.6) is 5.75 Å². The van der Waals surface area contributed by atoms with Crippen LogP contribution in [0.15, 0.2) is 35.9 Å². The van der Waals surface area contributed by atoms with E-state index in [9.17, 15) is 4.79 Å². The van der Waals surface area contributed by atoms with Gasteiger partial charge in [0.2, 0.25) is 0 Å². The number of thioether (sulfide) groups is 1. The Morgan fingerprint density at radius 1 is 1.29 bits per heavy atom. The minimum atomic E-state index is 0.0834. The molecule has 0 N–H and O–H groups in total. The molecule has 0 aromatic heterocycles. The smallest absolute Gasteiger partial charge is 0.129 e. The molecule has 1 aromatic carbocycles. The number of nitrogens with zero attached hydrogens (tertiary/aromatic N) is 1. The summed E-state index contributed by atoms with van der Waals surface area (Å²) in [5.41, 5.74) is 2.38. The van der Waals surface area contributed by atoms with Crippen LogP contribution in [0.25, 0.3) is 0 Å². The van der Waals surface area contributed by atoms with Crippen LogP contribution in [0.4, 0.5) is 5.69 Å². The molecule has 0 amide bonds. The van der Waals surface area contributed by atoms with Crippen molar-refractivity contribution >= 4 is 23.7 Å². The Morgan fingerprint density at radius 3 is 2.50 bits per heavy atom. The van der Waals surface area contributed by atoms with Gasteiger partial charge in [-0.1, -0.05) is 19.4 Å². The van der Waals surface area contributed by atoms with Gasteiger partial charge in [0.25, 0.3) is 0 Å².